The van der Waals surface area contributed by atoms with Crippen molar-refractivity contribution in [2.24, 2.45) is 0 Å². The molecule has 1 amide bonds. The molecule has 0 saturated heterocycles. The van der Waals surface area contributed by atoms with E-state index in [0.29, 0.717) is 5.56 Å². The number of Topliss-reactive ketones (excluding diaryl/α,β-unsaturated/α-hetero) is 1. The van der Waals surface area contributed by atoms with E-state index < -0.39 is 17.8 Å². The molecule has 1 aromatic rings. The normalized spacial score (nSPS) is 17.8. The number of carboxylic acids is 1. The molecular formula is C17H19NO4S. The van der Waals surface area contributed by atoms with Crippen LogP contribution in [-0.2, 0) is 16.0 Å². The number of amides is 1. The number of likely N-dealkylation sites (N-methyl/N-ethyl adjacent to an activating group) is 1. The summed E-state index contributed by atoms with van der Waals surface area (Å²) in [7, 11) is 1.59. The Hall–Kier alpha value is -2.08. The number of hydrogen-bond donors (Lipinski definition) is 1. The van der Waals surface area contributed by atoms with E-state index in [9.17, 15) is 14.4 Å². The molecule has 1 aliphatic heterocycles. The van der Waals surface area contributed by atoms with Crippen LogP contribution in [-0.4, -0.2) is 46.3 Å². The quantitative estimate of drug-likeness (QED) is 0.809. The van der Waals surface area contributed by atoms with E-state index in [4.69, 9.17) is 5.11 Å². The largest absolute Gasteiger partial charge is 0.481 e. The first-order chi connectivity index (χ1) is 10.9. The van der Waals surface area contributed by atoms with Crippen LogP contribution >= 0.6 is 11.8 Å². The molecule has 0 fully saturated rings. The van der Waals surface area contributed by atoms with Crippen LogP contribution in [0.4, 0.5) is 0 Å². The second-order valence-corrected chi connectivity index (χ2v) is 6.26. The second kappa shape index (κ2) is 7.00. The smallest absolute Gasteiger partial charge is 0.308 e. The fraction of sp³-hybridized carbons (Fsp3) is 0.353. The van der Waals surface area contributed by atoms with Crippen LogP contribution in [0.1, 0.15) is 29.3 Å². The predicted molar refractivity (Wildman–Crippen MR) is 89.5 cm³/mol. The van der Waals surface area contributed by atoms with Crippen molar-refractivity contribution >= 4 is 29.4 Å². The van der Waals surface area contributed by atoms with Crippen molar-refractivity contribution < 1.29 is 19.5 Å². The summed E-state index contributed by atoms with van der Waals surface area (Å²) in [5.41, 5.74) is 1.96. The van der Waals surface area contributed by atoms with Gasteiger partial charge in [-0.3, -0.25) is 14.4 Å². The topological polar surface area (TPSA) is 74.7 Å². The van der Waals surface area contributed by atoms with Gasteiger partial charge in [-0.1, -0.05) is 31.2 Å². The average molecular weight is 333 g/mol. The molecule has 0 radical (unpaired) electrons. The van der Waals surface area contributed by atoms with Crippen LogP contribution in [0.2, 0.25) is 0 Å². The van der Waals surface area contributed by atoms with Crippen LogP contribution in [0.15, 0.2) is 35.4 Å². The molecule has 1 aliphatic rings. The van der Waals surface area contributed by atoms with Crippen LogP contribution in [0.25, 0.3) is 0 Å². The van der Waals surface area contributed by atoms with Gasteiger partial charge in [0.1, 0.15) is 5.37 Å². The first kappa shape index (κ1) is 17.3. The highest BCUT2D eigenvalue weighted by molar-refractivity contribution is 7.99. The maximum Gasteiger partial charge on any atom is 0.308 e. The number of aliphatic carboxylic acids is 1. The summed E-state index contributed by atoms with van der Waals surface area (Å²) in [4.78, 5) is 37.6. The van der Waals surface area contributed by atoms with Gasteiger partial charge in [-0.2, -0.15) is 0 Å². The molecule has 6 heteroatoms. The summed E-state index contributed by atoms with van der Waals surface area (Å²) in [6.07, 6.45) is 2.23. The molecule has 1 unspecified atom stereocenters. The molecule has 0 saturated carbocycles. The van der Waals surface area contributed by atoms with E-state index >= 15 is 0 Å². The zero-order chi connectivity index (χ0) is 17.1. The fourth-order valence-corrected chi connectivity index (χ4v) is 3.57. The van der Waals surface area contributed by atoms with Crippen LogP contribution in [0.5, 0.6) is 0 Å². The highest BCUT2D eigenvalue weighted by Crippen LogP contribution is 2.34. The molecule has 1 aromatic carbocycles. The van der Waals surface area contributed by atoms with Crippen LogP contribution in [0.3, 0.4) is 0 Å². The Kier molecular flexibility index (Phi) is 5.26. The van der Waals surface area contributed by atoms with E-state index in [0.717, 1.165) is 12.0 Å². The number of nitrogens with zero attached hydrogens (tertiary/aromatic N) is 1. The van der Waals surface area contributed by atoms with Crippen molar-refractivity contribution in [1.82, 2.24) is 4.90 Å². The number of carbonyl (C=O) groups is 3. The standard InChI is InChI=1S/C17H19NO4S/c1-4-10-5-7-11(8-6-10)15(21)14-12(9-13(19)20)16(22)18(2)17(14)23-3/h5-8,17H,4,9H2,1-3H3,(H,19,20). The fourth-order valence-electron chi connectivity index (χ4n) is 2.67. The van der Waals surface area contributed by atoms with Crippen molar-refractivity contribution in [3.8, 4) is 0 Å². The minimum Gasteiger partial charge on any atom is -0.481 e. The van der Waals surface area contributed by atoms with Crippen LogP contribution < -0.4 is 0 Å². The molecule has 2 rings (SSSR count). The third kappa shape index (κ3) is 3.32. The number of aryl methyl sites for hydroxylation is 1. The van der Waals surface area contributed by atoms with E-state index in [2.05, 4.69) is 0 Å². The molecule has 0 spiro atoms. The Morgan fingerprint density at radius 3 is 2.35 bits per heavy atom. The molecule has 0 bridgehead atoms. The summed E-state index contributed by atoms with van der Waals surface area (Å²) < 4.78 is 0. The van der Waals surface area contributed by atoms with Gasteiger partial charge in [-0.05, 0) is 18.2 Å². The van der Waals surface area contributed by atoms with E-state index in [-0.39, 0.29) is 22.8 Å². The molecule has 122 valence electrons. The summed E-state index contributed by atoms with van der Waals surface area (Å²) in [6.45, 7) is 2.03. The Morgan fingerprint density at radius 2 is 1.87 bits per heavy atom. The molecule has 1 N–H and O–H groups in total. The van der Waals surface area contributed by atoms with Crippen molar-refractivity contribution in [3.05, 3.63) is 46.5 Å². The first-order valence-corrected chi connectivity index (χ1v) is 8.57. The van der Waals surface area contributed by atoms with Gasteiger partial charge in [0.25, 0.3) is 5.91 Å². The highest BCUT2D eigenvalue weighted by Gasteiger charge is 2.40. The molecule has 0 aliphatic carbocycles. The van der Waals surface area contributed by atoms with Gasteiger partial charge in [0.15, 0.2) is 5.78 Å². The molecule has 0 aromatic heterocycles. The summed E-state index contributed by atoms with van der Waals surface area (Å²) in [5, 5.41) is 8.60. The summed E-state index contributed by atoms with van der Waals surface area (Å²) in [5.74, 6) is -1.78. The van der Waals surface area contributed by atoms with Crippen molar-refractivity contribution in [1.29, 1.82) is 0 Å². The Morgan fingerprint density at radius 1 is 1.26 bits per heavy atom. The lowest BCUT2D eigenvalue weighted by Gasteiger charge is -2.20. The van der Waals surface area contributed by atoms with Crippen LogP contribution in [0, 0.1) is 0 Å². The third-order valence-electron chi connectivity index (χ3n) is 3.92. The first-order valence-electron chi connectivity index (χ1n) is 7.29. The Labute approximate surface area is 139 Å². The zero-order valence-electron chi connectivity index (χ0n) is 13.3. The molecule has 1 atom stereocenters. The van der Waals surface area contributed by atoms with E-state index in [1.54, 1.807) is 25.4 Å². The zero-order valence-corrected chi connectivity index (χ0v) is 14.1. The third-order valence-corrected chi connectivity index (χ3v) is 4.92. The monoisotopic (exact) mass is 333 g/mol. The summed E-state index contributed by atoms with van der Waals surface area (Å²) in [6, 6.07) is 7.21. The van der Waals surface area contributed by atoms with E-state index in [1.807, 2.05) is 19.1 Å². The second-order valence-electron chi connectivity index (χ2n) is 5.35. The molecular weight excluding hydrogens is 314 g/mol. The maximum atomic E-state index is 12.9. The van der Waals surface area contributed by atoms with Gasteiger partial charge in [-0.25, -0.2) is 0 Å². The van der Waals surface area contributed by atoms with Gasteiger partial charge < -0.3 is 10.0 Å². The minimum atomic E-state index is -1.12. The average Bonchev–Trinajstić information content (AvgIpc) is 2.78. The lowest BCUT2D eigenvalue weighted by molar-refractivity contribution is -0.137. The Balaban J connectivity index is 2.48. The number of rotatable bonds is 6. The molecule has 1 heterocycles. The van der Waals surface area contributed by atoms with Gasteiger partial charge in [0, 0.05) is 23.8 Å². The van der Waals surface area contributed by atoms with Gasteiger partial charge in [-0.15, -0.1) is 11.8 Å². The molecule has 5 nitrogen and oxygen atoms in total. The van der Waals surface area contributed by atoms with E-state index in [1.165, 1.54) is 16.7 Å². The van der Waals surface area contributed by atoms with Crippen molar-refractivity contribution in [2.45, 2.75) is 25.1 Å². The van der Waals surface area contributed by atoms with Gasteiger partial charge in [0.05, 0.1) is 6.42 Å². The van der Waals surface area contributed by atoms with Gasteiger partial charge >= 0.3 is 5.97 Å². The number of carboxylic acid groups (broad SMARTS) is 1. The highest BCUT2D eigenvalue weighted by atomic mass is 32.2. The molecule has 23 heavy (non-hydrogen) atoms. The van der Waals surface area contributed by atoms with Gasteiger partial charge in [0.2, 0.25) is 0 Å². The van der Waals surface area contributed by atoms with Crippen molar-refractivity contribution in [2.75, 3.05) is 13.3 Å². The summed E-state index contributed by atoms with van der Waals surface area (Å²) >= 11 is 1.35. The number of carbonyl (C=O) groups excluding carboxylic acids is 2. The lowest BCUT2D eigenvalue weighted by atomic mass is 9.97. The number of benzene rings is 1. The Bertz CT molecular complexity index is 678. The van der Waals surface area contributed by atoms with Crippen molar-refractivity contribution in [3.63, 3.8) is 0 Å². The minimum absolute atomic E-state index is 0.0870. The number of thioether (sulfide) groups is 1. The number of hydrogen-bond acceptors (Lipinski definition) is 4. The SMILES string of the molecule is CCc1ccc(C(=O)C2=C(CC(=O)O)C(=O)N(C)C2SC)cc1. The number of ketones is 1. The maximum absolute atomic E-state index is 12.9. The lowest BCUT2D eigenvalue weighted by Crippen LogP contribution is -2.30. The predicted octanol–water partition coefficient (Wildman–Crippen LogP) is 2.36.